The highest BCUT2D eigenvalue weighted by Crippen LogP contribution is 2.34. The minimum atomic E-state index is 0.723. The molecule has 0 bridgehead atoms. The molecule has 4 aromatic rings. The highest BCUT2D eigenvalue weighted by Gasteiger charge is 2.15. The molecule has 4 rings (SSSR count). The number of aryl methyl sites for hydroxylation is 1. The van der Waals surface area contributed by atoms with Gasteiger partial charge in [-0.2, -0.15) is 0 Å². The quantitative estimate of drug-likeness (QED) is 0.515. The van der Waals surface area contributed by atoms with E-state index in [-0.39, 0.29) is 0 Å². The smallest absolute Gasteiger partial charge is 0.284 e. The second-order valence-corrected chi connectivity index (χ2v) is 4.41. The molecule has 91 valence electrons. The maximum atomic E-state index is 5.35. The lowest BCUT2D eigenvalue weighted by atomic mass is 9.98. The summed E-state index contributed by atoms with van der Waals surface area (Å²) in [4.78, 5) is 8.49. The number of nitrogens with zero attached hydrogens (tertiary/aromatic N) is 2. The van der Waals surface area contributed by atoms with Gasteiger partial charge in [0.25, 0.3) is 6.39 Å². The van der Waals surface area contributed by atoms with Crippen LogP contribution in [0.4, 0.5) is 0 Å². The second-order valence-electron chi connectivity index (χ2n) is 4.41. The average molecular weight is 249 g/mol. The van der Waals surface area contributed by atoms with Crippen molar-refractivity contribution in [3.8, 4) is 11.1 Å². The van der Waals surface area contributed by atoms with Gasteiger partial charge in [-0.3, -0.25) is 0 Å². The molecule has 2 aromatic heterocycles. The molecule has 4 nitrogen and oxygen atoms in total. The van der Waals surface area contributed by atoms with Crippen LogP contribution in [-0.2, 0) is 0 Å². The standard InChI is InChI=1S/C15H9N2O2/c1-9-5-6-12-15(17-8-19-12)13(9)10-3-2-4-11-14(10)16-7-18-11/h2-7H,1H3. The third kappa shape index (κ3) is 1.40. The number of benzene rings is 2. The molecule has 0 aliphatic rings. The van der Waals surface area contributed by atoms with E-state index in [0.29, 0.717) is 0 Å². The summed E-state index contributed by atoms with van der Waals surface area (Å²) in [7, 11) is 0. The molecule has 0 unspecified atom stereocenters. The van der Waals surface area contributed by atoms with Gasteiger partial charge in [0.1, 0.15) is 11.0 Å². The number of aromatic nitrogens is 2. The number of rotatable bonds is 1. The molecule has 0 aliphatic heterocycles. The first kappa shape index (κ1) is 10.3. The highest BCUT2D eigenvalue weighted by molar-refractivity contribution is 6.01. The van der Waals surface area contributed by atoms with Crippen LogP contribution in [0.15, 0.2) is 45.6 Å². The van der Waals surface area contributed by atoms with Gasteiger partial charge in [0.05, 0.1) is 0 Å². The third-order valence-corrected chi connectivity index (χ3v) is 3.29. The van der Waals surface area contributed by atoms with Crippen molar-refractivity contribution in [2.24, 2.45) is 0 Å². The summed E-state index contributed by atoms with van der Waals surface area (Å²) in [5.41, 5.74) is 6.25. The normalized spacial score (nSPS) is 11.4. The van der Waals surface area contributed by atoms with Crippen LogP contribution in [0.3, 0.4) is 0 Å². The Balaban J connectivity index is 2.17. The molecule has 0 N–H and O–H groups in total. The maximum Gasteiger partial charge on any atom is 0.284 e. The SMILES string of the molecule is Cc1ccc2o[c]nc2c1-c1cccc2ocnc12. The summed E-state index contributed by atoms with van der Waals surface area (Å²) in [5.74, 6) is 0. The zero-order valence-corrected chi connectivity index (χ0v) is 10.2. The van der Waals surface area contributed by atoms with E-state index in [1.807, 2.05) is 37.3 Å². The molecular formula is C15H9N2O2. The van der Waals surface area contributed by atoms with E-state index in [2.05, 4.69) is 16.4 Å². The molecule has 0 fully saturated rings. The first-order chi connectivity index (χ1) is 9.34. The lowest BCUT2D eigenvalue weighted by Gasteiger charge is -2.06. The number of hydrogen-bond acceptors (Lipinski definition) is 4. The molecule has 0 saturated carbocycles. The topological polar surface area (TPSA) is 52.1 Å². The summed E-state index contributed by atoms with van der Waals surface area (Å²) in [6, 6.07) is 9.78. The minimum Gasteiger partial charge on any atom is -0.443 e. The number of para-hydroxylation sites is 1. The molecule has 0 spiro atoms. The van der Waals surface area contributed by atoms with Crippen LogP contribution in [0.2, 0.25) is 0 Å². The van der Waals surface area contributed by atoms with Gasteiger partial charge in [0, 0.05) is 11.1 Å². The van der Waals surface area contributed by atoms with Gasteiger partial charge >= 0.3 is 0 Å². The maximum absolute atomic E-state index is 5.35. The van der Waals surface area contributed by atoms with Gasteiger partial charge in [-0.1, -0.05) is 18.2 Å². The van der Waals surface area contributed by atoms with Crippen molar-refractivity contribution >= 4 is 22.2 Å². The van der Waals surface area contributed by atoms with Crippen molar-refractivity contribution < 1.29 is 8.83 Å². The first-order valence-electron chi connectivity index (χ1n) is 5.93. The lowest BCUT2D eigenvalue weighted by Crippen LogP contribution is -1.87. The summed E-state index contributed by atoms with van der Waals surface area (Å²) in [6.45, 7) is 2.04. The Hall–Kier alpha value is -2.62. The molecule has 2 aromatic carbocycles. The van der Waals surface area contributed by atoms with E-state index in [9.17, 15) is 0 Å². The fourth-order valence-electron chi connectivity index (χ4n) is 2.41. The van der Waals surface area contributed by atoms with Crippen LogP contribution in [-0.4, -0.2) is 9.97 Å². The van der Waals surface area contributed by atoms with Crippen LogP contribution in [0.25, 0.3) is 33.3 Å². The van der Waals surface area contributed by atoms with E-state index in [1.165, 1.54) is 6.39 Å². The highest BCUT2D eigenvalue weighted by atomic mass is 16.3. The van der Waals surface area contributed by atoms with Crippen molar-refractivity contribution in [2.75, 3.05) is 0 Å². The molecular weight excluding hydrogens is 240 g/mol. The molecule has 0 atom stereocenters. The van der Waals surface area contributed by atoms with Crippen LogP contribution < -0.4 is 0 Å². The van der Waals surface area contributed by atoms with Crippen molar-refractivity contribution in [1.82, 2.24) is 9.97 Å². The van der Waals surface area contributed by atoms with Gasteiger partial charge < -0.3 is 8.83 Å². The van der Waals surface area contributed by atoms with Crippen LogP contribution >= 0.6 is 0 Å². The van der Waals surface area contributed by atoms with Crippen molar-refractivity contribution in [3.63, 3.8) is 0 Å². The fourth-order valence-corrected chi connectivity index (χ4v) is 2.41. The van der Waals surface area contributed by atoms with E-state index < -0.39 is 0 Å². The first-order valence-corrected chi connectivity index (χ1v) is 5.93. The summed E-state index contributed by atoms with van der Waals surface area (Å²) in [5, 5.41) is 0. The Morgan fingerprint density at radius 2 is 2.00 bits per heavy atom. The second kappa shape index (κ2) is 3.68. The van der Waals surface area contributed by atoms with Gasteiger partial charge in [0.15, 0.2) is 17.6 Å². The Morgan fingerprint density at radius 1 is 1.05 bits per heavy atom. The summed E-state index contributed by atoms with van der Waals surface area (Å²) in [6.07, 6.45) is 4.01. The fraction of sp³-hybridized carbons (Fsp3) is 0.0667. The molecule has 2 heterocycles. The summed E-state index contributed by atoms with van der Waals surface area (Å²) < 4.78 is 10.6. The summed E-state index contributed by atoms with van der Waals surface area (Å²) >= 11 is 0. The number of hydrogen-bond donors (Lipinski definition) is 0. The predicted octanol–water partition coefficient (Wildman–Crippen LogP) is 3.74. The van der Waals surface area contributed by atoms with Crippen LogP contribution in [0.5, 0.6) is 0 Å². The van der Waals surface area contributed by atoms with Crippen molar-refractivity contribution in [2.45, 2.75) is 6.92 Å². The van der Waals surface area contributed by atoms with Gasteiger partial charge in [-0.15, -0.1) is 0 Å². The third-order valence-electron chi connectivity index (χ3n) is 3.29. The largest absolute Gasteiger partial charge is 0.443 e. The molecule has 0 saturated heterocycles. The molecule has 0 amide bonds. The lowest BCUT2D eigenvalue weighted by molar-refractivity contribution is 0.591. The molecule has 4 heteroatoms. The van der Waals surface area contributed by atoms with Gasteiger partial charge in [0.2, 0.25) is 0 Å². The van der Waals surface area contributed by atoms with Gasteiger partial charge in [-0.05, 0) is 24.6 Å². The monoisotopic (exact) mass is 249 g/mol. The van der Waals surface area contributed by atoms with Crippen molar-refractivity contribution in [1.29, 1.82) is 0 Å². The van der Waals surface area contributed by atoms with Crippen molar-refractivity contribution in [3.05, 3.63) is 48.7 Å². The van der Waals surface area contributed by atoms with E-state index >= 15 is 0 Å². The zero-order chi connectivity index (χ0) is 12.8. The molecule has 0 aliphatic carbocycles. The minimum absolute atomic E-state index is 0.723. The Kier molecular flexibility index (Phi) is 2.00. The number of fused-ring (bicyclic) bond motifs is 2. The van der Waals surface area contributed by atoms with Gasteiger partial charge in [-0.25, -0.2) is 9.97 Å². The Morgan fingerprint density at radius 3 is 2.95 bits per heavy atom. The molecule has 1 radical (unpaired) electrons. The van der Waals surface area contributed by atoms with E-state index in [0.717, 1.165) is 38.9 Å². The van der Waals surface area contributed by atoms with Crippen LogP contribution in [0.1, 0.15) is 5.56 Å². The Labute approximate surface area is 108 Å². The number of oxazole rings is 2. The van der Waals surface area contributed by atoms with E-state index in [1.54, 1.807) is 0 Å². The Bertz CT molecular complexity index is 889. The molecule has 19 heavy (non-hydrogen) atoms. The zero-order valence-electron chi connectivity index (χ0n) is 10.2. The van der Waals surface area contributed by atoms with E-state index in [4.69, 9.17) is 8.83 Å². The van der Waals surface area contributed by atoms with Crippen LogP contribution in [0, 0.1) is 13.3 Å². The average Bonchev–Trinajstić information content (AvgIpc) is 3.06. The predicted molar refractivity (Wildman–Crippen MR) is 70.6 cm³/mol.